The Balaban J connectivity index is 2.00. The zero-order valence-electron chi connectivity index (χ0n) is 10.6. The fourth-order valence-corrected chi connectivity index (χ4v) is 2.15. The van der Waals surface area contributed by atoms with Gasteiger partial charge in [0.1, 0.15) is 19.0 Å². The van der Waals surface area contributed by atoms with E-state index in [2.05, 4.69) is 11.1 Å². The lowest BCUT2D eigenvalue weighted by atomic mass is 10.2. The number of fused-ring (bicyclic) bond motifs is 1. The van der Waals surface area contributed by atoms with Crippen LogP contribution in [0.3, 0.4) is 0 Å². The van der Waals surface area contributed by atoms with Crippen molar-refractivity contribution in [2.24, 2.45) is 7.05 Å². The summed E-state index contributed by atoms with van der Waals surface area (Å²) < 4.78 is 13.0. The number of ether oxygens (including phenoxy) is 2. The Hall–Kier alpha value is -2.48. The molecule has 5 nitrogen and oxygen atoms in total. The van der Waals surface area contributed by atoms with E-state index in [0.717, 1.165) is 28.6 Å². The van der Waals surface area contributed by atoms with Crippen LogP contribution in [0.25, 0.3) is 11.4 Å². The first-order chi connectivity index (χ1) is 9.28. The van der Waals surface area contributed by atoms with Crippen molar-refractivity contribution in [1.82, 2.24) is 9.55 Å². The van der Waals surface area contributed by atoms with E-state index in [-0.39, 0.29) is 0 Å². The van der Waals surface area contributed by atoms with E-state index in [1.165, 1.54) is 0 Å². The van der Waals surface area contributed by atoms with Crippen LogP contribution in [-0.2, 0) is 13.5 Å². The molecule has 96 valence electrons. The second kappa shape index (κ2) is 4.65. The molecule has 19 heavy (non-hydrogen) atoms. The fraction of sp³-hybridized carbons (Fsp3) is 0.286. The molecule has 0 radical (unpaired) electrons. The Kier molecular flexibility index (Phi) is 2.84. The van der Waals surface area contributed by atoms with Crippen LogP contribution >= 0.6 is 0 Å². The molecular weight excluding hydrogens is 242 g/mol. The summed E-state index contributed by atoms with van der Waals surface area (Å²) in [5, 5.41) is 8.71. The zero-order valence-corrected chi connectivity index (χ0v) is 10.6. The molecular formula is C14H13N3O2. The first-order valence-electron chi connectivity index (χ1n) is 6.07. The SMILES string of the molecule is Cn1cc(CC#N)nc1-c1ccc2c(c1)OCCO2. The second-order valence-corrected chi connectivity index (χ2v) is 4.36. The number of hydrogen-bond donors (Lipinski definition) is 0. The lowest BCUT2D eigenvalue weighted by Gasteiger charge is -2.18. The van der Waals surface area contributed by atoms with Crippen LogP contribution < -0.4 is 9.47 Å². The van der Waals surface area contributed by atoms with Gasteiger partial charge in [-0.3, -0.25) is 0 Å². The van der Waals surface area contributed by atoms with Gasteiger partial charge in [-0.25, -0.2) is 4.98 Å². The van der Waals surface area contributed by atoms with Crippen LogP contribution in [0, 0.1) is 11.3 Å². The average Bonchev–Trinajstić information content (AvgIpc) is 2.79. The van der Waals surface area contributed by atoms with Gasteiger partial charge >= 0.3 is 0 Å². The van der Waals surface area contributed by atoms with E-state index in [1.54, 1.807) is 0 Å². The van der Waals surface area contributed by atoms with Crippen LogP contribution in [0.5, 0.6) is 11.5 Å². The maximum absolute atomic E-state index is 8.71. The highest BCUT2D eigenvalue weighted by Gasteiger charge is 2.14. The molecule has 0 unspecified atom stereocenters. The number of imidazole rings is 1. The molecule has 0 bridgehead atoms. The first-order valence-corrected chi connectivity index (χ1v) is 6.07. The molecule has 5 heteroatoms. The average molecular weight is 255 g/mol. The summed E-state index contributed by atoms with van der Waals surface area (Å²) in [7, 11) is 1.92. The van der Waals surface area contributed by atoms with E-state index in [9.17, 15) is 0 Å². The van der Waals surface area contributed by atoms with Gasteiger partial charge in [0.2, 0.25) is 0 Å². The Bertz CT molecular complexity index is 655. The topological polar surface area (TPSA) is 60.1 Å². The highest BCUT2D eigenvalue weighted by atomic mass is 16.6. The van der Waals surface area contributed by atoms with Gasteiger partial charge < -0.3 is 14.0 Å². The predicted octanol–water partition coefficient (Wildman–Crippen LogP) is 1.92. The molecule has 2 heterocycles. The van der Waals surface area contributed by atoms with E-state index < -0.39 is 0 Å². The number of nitriles is 1. The van der Waals surface area contributed by atoms with E-state index in [1.807, 2.05) is 36.0 Å². The van der Waals surface area contributed by atoms with Crippen molar-refractivity contribution in [3.05, 3.63) is 30.1 Å². The lowest BCUT2D eigenvalue weighted by molar-refractivity contribution is 0.171. The first kappa shape index (κ1) is 11.6. The Labute approximate surface area is 111 Å². The molecule has 0 saturated carbocycles. The molecule has 0 saturated heterocycles. The van der Waals surface area contributed by atoms with Crippen molar-refractivity contribution in [2.75, 3.05) is 13.2 Å². The quantitative estimate of drug-likeness (QED) is 0.822. The number of hydrogen-bond acceptors (Lipinski definition) is 4. The van der Waals surface area contributed by atoms with Gasteiger partial charge in [-0.05, 0) is 18.2 Å². The lowest BCUT2D eigenvalue weighted by Crippen LogP contribution is -2.15. The number of nitrogens with zero attached hydrogens (tertiary/aromatic N) is 3. The standard InChI is InChI=1S/C14H13N3O2/c1-17-9-11(4-5-15)16-14(17)10-2-3-12-13(8-10)19-7-6-18-12/h2-3,8-9H,4,6-7H2,1H3. The molecule has 0 aliphatic carbocycles. The predicted molar refractivity (Wildman–Crippen MR) is 69.0 cm³/mol. The van der Waals surface area contributed by atoms with Crippen molar-refractivity contribution in [2.45, 2.75) is 6.42 Å². The largest absolute Gasteiger partial charge is 0.486 e. The van der Waals surface area contributed by atoms with Crippen molar-refractivity contribution >= 4 is 0 Å². The summed E-state index contributed by atoms with van der Waals surface area (Å²) in [5.74, 6) is 2.33. The van der Waals surface area contributed by atoms with Crippen molar-refractivity contribution in [1.29, 1.82) is 5.26 Å². The minimum Gasteiger partial charge on any atom is -0.486 e. The maximum Gasteiger partial charge on any atom is 0.162 e. The Morgan fingerprint density at radius 3 is 2.89 bits per heavy atom. The number of rotatable bonds is 2. The van der Waals surface area contributed by atoms with Crippen molar-refractivity contribution < 1.29 is 9.47 Å². The Morgan fingerprint density at radius 2 is 2.11 bits per heavy atom. The summed E-state index contributed by atoms with van der Waals surface area (Å²) in [6.07, 6.45) is 2.19. The fourth-order valence-electron chi connectivity index (χ4n) is 2.15. The van der Waals surface area contributed by atoms with E-state index >= 15 is 0 Å². The highest BCUT2D eigenvalue weighted by molar-refractivity contribution is 5.62. The molecule has 0 atom stereocenters. The summed E-state index contributed by atoms with van der Waals surface area (Å²) in [6.45, 7) is 1.15. The number of aromatic nitrogens is 2. The molecule has 2 aromatic rings. The van der Waals surface area contributed by atoms with Crippen LogP contribution in [0.15, 0.2) is 24.4 Å². The van der Waals surface area contributed by atoms with E-state index in [4.69, 9.17) is 14.7 Å². The summed E-state index contributed by atoms with van der Waals surface area (Å²) >= 11 is 0. The van der Waals surface area contributed by atoms with Crippen molar-refractivity contribution in [3.8, 4) is 29.0 Å². The third-order valence-electron chi connectivity index (χ3n) is 2.99. The molecule has 3 rings (SSSR count). The van der Waals surface area contributed by atoms with Gasteiger partial charge in [0, 0.05) is 18.8 Å². The molecule has 1 aliphatic heterocycles. The molecule has 0 fully saturated rings. The van der Waals surface area contributed by atoms with Crippen LogP contribution in [-0.4, -0.2) is 22.8 Å². The molecule has 0 spiro atoms. The van der Waals surface area contributed by atoms with Crippen molar-refractivity contribution in [3.63, 3.8) is 0 Å². The number of aryl methyl sites for hydroxylation is 1. The minimum atomic E-state index is 0.318. The third kappa shape index (κ3) is 2.13. The van der Waals surface area contributed by atoms with Gasteiger partial charge in [-0.1, -0.05) is 0 Å². The van der Waals surface area contributed by atoms with Gasteiger partial charge in [0.25, 0.3) is 0 Å². The molecule has 0 amide bonds. The normalized spacial score (nSPS) is 13.1. The van der Waals surface area contributed by atoms with Gasteiger partial charge in [0.15, 0.2) is 11.5 Å². The molecule has 1 aromatic heterocycles. The van der Waals surface area contributed by atoms with Gasteiger partial charge in [-0.2, -0.15) is 5.26 Å². The monoisotopic (exact) mass is 255 g/mol. The van der Waals surface area contributed by atoms with E-state index in [0.29, 0.717) is 19.6 Å². The summed E-state index contributed by atoms with van der Waals surface area (Å²) in [6, 6.07) is 7.87. The third-order valence-corrected chi connectivity index (χ3v) is 2.99. The van der Waals surface area contributed by atoms with Gasteiger partial charge in [0.05, 0.1) is 18.2 Å². The van der Waals surface area contributed by atoms with Crippen LogP contribution in [0.1, 0.15) is 5.69 Å². The van der Waals surface area contributed by atoms with Crippen LogP contribution in [0.4, 0.5) is 0 Å². The smallest absolute Gasteiger partial charge is 0.162 e. The molecule has 1 aliphatic rings. The second-order valence-electron chi connectivity index (χ2n) is 4.36. The zero-order chi connectivity index (χ0) is 13.2. The molecule has 1 aromatic carbocycles. The minimum absolute atomic E-state index is 0.318. The summed E-state index contributed by atoms with van der Waals surface area (Å²) in [5.41, 5.74) is 1.73. The Morgan fingerprint density at radius 1 is 1.32 bits per heavy atom. The van der Waals surface area contributed by atoms with Gasteiger partial charge in [-0.15, -0.1) is 0 Å². The van der Waals surface area contributed by atoms with Crippen LogP contribution in [0.2, 0.25) is 0 Å². The maximum atomic E-state index is 8.71. The highest BCUT2D eigenvalue weighted by Crippen LogP contribution is 2.34. The molecule has 0 N–H and O–H groups in total. The summed E-state index contributed by atoms with van der Waals surface area (Å²) in [4.78, 5) is 4.46. The number of benzene rings is 1.